The standard InChI is InChI=1S/C24H33NO/c1-19(2)15-23(24(26)16-20(3)4)25(17-21-11-7-5-8-12-21)18-22-13-9-6-10-14-22/h5-14,19,23-24,26H,3,15-18H2,1-2,4H3. The molecule has 0 spiro atoms. The first-order chi connectivity index (χ1) is 12.5. The van der Waals surface area contributed by atoms with Gasteiger partial charge in [0, 0.05) is 19.1 Å². The van der Waals surface area contributed by atoms with Crippen molar-refractivity contribution in [2.75, 3.05) is 0 Å². The maximum Gasteiger partial charge on any atom is 0.0732 e. The second kappa shape index (κ2) is 10.3. The molecule has 1 N–H and O–H groups in total. The van der Waals surface area contributed by atoms with Gasteiger partial charge in [-0.05, 0) is 36.8 Å². The maximum atomic E-state index is 11.0. The summed E-state index contributed by atoms with van der Waals surface area (Å²) < 4.78 is 0. The number of nitrogens with zero attached hydrogens (tertiary/aromatic N) is 1. The molecule has 140 valence electrons. The maximum absolute atomic E-state index is 11.0. The van der Waals surface area contributed by atoms with Crippen LogP contribution in [-0.4, -0.2) is 22.2 Å². The van der Waals surface area contributed by atoms with E-state index in [1.54, 1.807) is 0 Å². The van der Waals surface area contributed by atoms with Gasteiger partial charge in [0.25, 0.3) is 0 Å². The van der Waals surface area contributed by atoms with Gasteiger partial charge in [0.1, 0.15) is 0 Å². The van der Waals surface area contributed by atoms with E-state index in [0.717, 1.165) is 25.1 Å². The molecule has 0 aliphatic rings. The normalized spacial score (nSPS) is 13.8. The summed E-state index contributed by atoms with van der Waals surface area (Å²) in [6.45, 7) is 12.1. The van der Waals surface area contributed by atoms with Gasteiger partial charge in [0.2, 0.25) is 0 Å². The second-order valence-corrected chi connectivity index (χ2v) is 7.80. The SMILES string of the molecule is C=C(C)CC(O)C(CC(C)C)N(Cc1ccccc1)Cc1ccccc1. The molecule has 0 aromatic heterocycles. The fourth-order valence-corrected chi connectivity index (χ4v) is 3.45. The van der Waals surface area contributed by atoms with Crippen LogP contribution in [0.15, 0.2) is 72.8 Å². The van der Waals surface area contributed by atoms with Gasteiger partial charge in [-0.1, -0.05) is 80.1 Å². The molecule has 0 saturated carbocycles. The number of hydrogen-bond acceptors (Lipinski definition) is 2. The summed E-state index contributed by atoms with van der Waals surface area (Å²) in [4.78, 5) is 2.43. The summed E-state index contributed by atoms with van der Waals surface area (Å²) in [5.74, 6) is 0.522. The van der Waals surface area contributed by atoms with Gasteiger partial charge < -0.3 is 5.11 Å². The van der Waals surface area contributed by atoms with Crippen LogP contribution in [0.4, 0.5) is 0 Å². The molecule has 26 heavy (non-hydrogen) atoms. The molecule has 0 saturated heterocycles. The van der Waals surface area contributed by atoms with E-state index in [2.05, 4.69) is 73.9 Å². The molecular formula is C24H33NO. The van der Waals surface area contributed by atoms with Gasteiger partial charge in [0.15, 0.2) is 0 Å². The van der Waals surface area contributed by atoms with E-state index in [0.29, 0.717) is 12.3 Å². The molecule has 0 radical (unpaired) electrons. The van der Waals surface area contributed by atoms with Crippen molar-refractivity contribution in [1.29, 1.82) is 0 Å². The molecular weight excluding hydrogens is 318 g/mol. The number of aliphatic hydroxyl groups is 1. The van der Waals surface area contributed by atoms with Crippen molar-refractivity contribution in [2.45, 2.75) is 58.8 Å². The smallest absolute Gasteiger partial charge is 0.0732 e. The lowest BCUT2D eigenvalue weighted by Crippen LogP contribution is -2.44. The molecule has 2 unspecified atom stereocenters. The third kappa shape index (κ3) is 6.78. The number of hydrogen-bond donors (Lipinski definition) is 1. The van der Waals surface area contributed by atoms with Crippen molar-refractivity contribution in [1.82, 2.24) is 4.90 Å². The fourth-order valence-electron chi connectivity index (χ4n) is 3.45. The van der Waals surface area contributed by atoms with E-state index in [4.69, 9.17) is 0 Å². The third-order valence-electron chi connectivity index (χ3n) is 4.64. The van der Waals surface area contributed by atoms with Gasteiger partial charge in [-0.15, -0.1) is 6.58 Å². The van der Waals surface area contributed by atoms with Crippen LogP contribution in [0.3, 0.4) is 0 Å². The van der Waals surface area contributed by atoms with E-state index < -0.39 is 6.10 Å². The van der Waals surface area contributed by atoms with Crippen molar-refractivity contribution in [2.24, 2.45) is 5.92 Å². The Kier molecular flexibility index (Phi) is 8.08. The van der Waals surface area contributed by atoms with E-state index in [1.165, 1.54) is 11.1 Å². The Balaban J connectivity index is 2.28. The molecule has 0 aliphatic carbocycles. The predicted molar refractivity (Wildman–Crippen MR) is 111 cm³/mol. The van der Waals surface area contributed by atoms with Crippen LogP contribution in [0.5, 0.6) is 0 Å². The average molecular weight is 352 g/mol. The fraction of sp³-hybridized carbons (Fsp3) is 0.417. The molecule has 2 heteroatoms. The number of benzene rings is 2. The van der Waals surface area contributed by atoms with Gasteiger partial charge in [-0.25, -0.2) is 0 Å². The Bertz CT molecular complexity index is 609. The van der Waals surface area contributed by atoms with Crippen molar-refractivity contribution >= 4 is 0 Å². The summed E-state index contributed by atoms with van der Waals surface area (Å²) >= 11 is 0. The van der Waals surface area contributed by atoms with Crippen molar-refractivity contribution < 1.29 is 5.11 Å². The molecule has 2 nitrogen and oxygen atoms in total. The quantitative estimate of drug-likeness (QED) is 0.577. The Morgan fingerprint density at radius 3 is 1.77 bits per heavy atom. The highest BCUT2D eigenvalue weighted by atomic mass is 16.3. The Hall–Kier alpha value is -1.90. The summed E-state index contributed by atoms with van der Waals surface area (Å²) in [5.41, 5.74) is 3.59. The molecule has 0 aliphatic heterocycles. The number of aliphatic hydroxyl groups excluding tert-OH is 1. The third-order valence-corrected chi connectivity index (χ3v) is 4.64. The summed E-state index contributed by atoms with van der Waals surface area (Å²) in [7, 11) is 0. The molecule has 0 amide bonds. The first-order valence-electron chi connectivity index (χ1n) is 9.60. The summed E-state index contributed by atoms with van der Waals surface area (Å²) in [5, 5.41) is 11.0. The van der Waals surface area contributed by atoms with Gasteiger partial charge in [-0.3, -0.25) is 4.90 Å². The highest BCUT2D eigenvalue weighted by Crippen LogP contribution is 2.23. The highest BCUT2D eigenvalue weighted by Gasteiger charge is 2.27. The Morgan fingerprint density at radius 1 is 0.923 bits per heavy atom. The molecule has 2 atom stereocenters. The molecule has 2 rings (SSSR count). The Morgan fingerprint density at radius 2 is 1.38 bits per heavy atom. The van der Waals surface area contributed by atoms with Crippen LogP contribution in [0.25, 0.3) is 0 Å². The van der Waals surface area contributed by atoms with Gasteiger partial charge in [0.05, 0.1) is 6.10 Å². The van der Waals surface area contributed by atoms with Crippen LogP contribution >= 0.6 is 0 Å². The largest absolute Gasteiger partial charge is 0.391 e. The first-order valence-corrected chi connectivity index (χ1v) is 9.60. The lowest BCUT2D eigenvalue weighted by Gasteiger charge is -2.36. The van der Waals surface area contributed by atoms with E-state index in [-0.39, 0.29) is 6.04 Å². The topological polar surface area (TPSA) is 23.5 Å². The minimum Gasteiger partial charge on any atom is -0.391 e. The van der Waals surface area contributed by atoms with Crippen LogP contribution < -0.4 is 0 Å². The lowest BCUT2D eigenvalue weighted by molar-refractivity contribution is 0.0282. The molecule has 2 aromatic carbocycles. The van der Waals surface area contributed by atoms with Crippen LogP contribution in [-0.2, 0) is 13.1 Å². The zero-order valence-corrected chi connectivity index (χ0v) is 16.4. The van der Waals surface area contributed by atoms with Crippen LogP contribution in [0, 0.1) is 5.92 Å². The Labute approximate surface area is 159 Å². The van der Waals surface area contributed by atoms with Crippen molar-refractivity contribution in [3.8, 4) is 0 Å². The van der Waals surface area contributed by atoms with E-state index >= 15 is 0 Å². The van der Waals surface area contributed by atoms with E-state index in [1.807, 2.05) is 19.1 Å². The molecule has 2 aromatic rings. The highest BCUT2D eigenvalue weighted by molar-refractivity contribution is 5.17. The van der Waals surface area contributed by atoms with Crippen LogP contribution in [0.2, 0.25) is 0 Å². The monoisotopic (exact) mass is 351 g/mol. The average Bonchev–Trinajstić information content (AvgIpc) is 2.60. The van der Waals surface area contributed by atoms with Gasteiger partial charge in [-0.2, -0.15) is 0 Å². The molecule has 0 heterocycles. The molecule has 0 fully saturated rings. The number of rotatable bonds is 10. The minimum atomic E-state index is -0.401. The van der Waals surface area contributed by atoms with Gasteiger partial charge >= 0.3 is 0 Å². The van der Waals surface area contributed by atoms with Crippen LogP contribution in [0.1, 0.15) is 44.7 Å². The lowest BCUT2D eigenvalue weighted by atomic mass is 9.93. The zero-order chi connectivity index (χ0) is 18.9. The van der Waals surface area contributed by atoms with Crippen molar-refractivity contribution in [3.05, 3.63) is 83.9 Å². The predicted octanol–water partition coefficient (Wildman–Crippen LogP) is 5.43. The minimum absolute atomic E-state index is 0.104. The summed E-state index contributed by atoms with van der Waals surface area (Å²) in [6, 6.07) is 21.2. The van der Waals surface area contributed by atoms with Crippen molar-refractivity contribution in [3.63, 3.8) is 0 Å². The van der Waals surface area contributed by atoms with E-state index in [9.17, 15) is 5.11 Å². The summed E-state index contributed by atoms with van der Waals surface area (Å²) in [6.07, 6.45) is 1.22. The zero-order valence-electron chi connectivity index (χ0n) is 16.4. The second-order valence-electron chi connectivity index (χ2n) is 7.80. The molecule has 0 bridgehead atoms. The first kappa shape index (κ1) is 20.4.